The summed E-state index contributed by atoms with van der Waals surface area (Å²) in [7, 11) is 3.27. The van der Waals surface area contributed by atoms with E-state index < -0.39 is 5.69 Å². The number of hydrogen-bond acceptors (Lipinski definition) is 5. The topological polar surface area (TPSA) is 119 Å². The normalized spacial score (nSPS) is 11.7. The molecule has 0 bridgehead atoms. The van der Waals surface area contributed by atoms with Crippen molar-refractivity contribution < 1.29 is 15.5 Å². The lowest BCUT2D eigenvalue weighted by atomic mass is 10.3. The Labute approximate surface area is 120 Å². The molecule has 2 aromatic rings. The van der Waals surface area contributed by atoms with Crippen LogP contribution >= 0.6 is 0 Å². The van der Waals surface area contributed by atoms with Crippen LogP contribution in [0.3, 0.4) is 0 Å². The molecule has 0 atom stereocenters. The Hall–Kier alpha value is -1.97. The molecule has 2 aromatic heterocycles. The van der Waals surface area contributed by atoms with Gasteiger partial charge in [-0.15, -0.1) is 0 Å². The summed E-state index contributed by atoms with van der Waals surface area (Å²) < 4.78 is 4.07. The third kappa shape index (κ3) is 2.75. The first kappa shape index (κ1) is 15.4. The lowest BCUT2D eigenvalue weighted by Crippen LogP contribution is -2.92. The maximum atomic E-state index is 12.4. The Kier molecular flexibility index (Phi) is 4.56. The highest BCUT2D eigenvalue weighted by atomic mass is 16.3. The van der Waals surface area contributed by atoms with Gasteiger partial charge in [0.05, 0.1) is 32.6 Å². The molecule has 9 heteroatoms. The fourth-order valence-corrected chi connectivity index (χ4v) is 2.24. The van der Waals surface area contributed by atoms with Crippen molar-refractivity contribution in [2.75, 3.05) is 19.8 Å². The third-order valence-corrected chi connectivity index (χ3v) is 3.52. The molecule has 2 heterocycles. The molecule has 0 aliphatic rings. The van der Waals surface area contributed by atoms with Gasteiger partial charge in [0.1, 0.15) is 6.04 Å². The highest BCUT2D eigenvalue weighted by molar-refractivity contribution is 5.69. The van der Waals surface area contributed by atoms with Crippen molar-refractivity contribution in [1.29, 1.82) is 0 Å². The van der Waals surface area contributed by atoms with Gasteiger partial charge in [-0.05, 0) is 0 Å². The molecule has 0 amide bonds. The zero-order chi connectivity index (χ0) is 15.6. The summed E-state index contributed by atoms with van der Waals surface area (Å²) in [6.07, 6.45) is 1.50. The SMILES string of the molecule is Cn1cnc2c1c(=O)n(CC[NH2+]C(CO)CO)c(=O)n2C. The van der Waals surface area contributed by atoms with Crippen LogP contribution in [0.4, 0.5) is 0 Å². The van der Waals surface area contributed by atoms with Crippen LogP contribution in [0.2, 0.25) is 0 Å². The maximum absolute atomic E-state index is 12.4. The number of aryl methyl sites for hydroxylation is 2. The Morgan fingerprint density at radius 2 is 1.95 bits per heavy atom. The van der Waals surface area contributed by atoms with E-state index in [2.05, 4.69) is 4.98 Å². The Bertz CT molecular complexity index is 740. The number of fused-ring (bicyclic) bond motifs is 1. The number of aliphatic hydroxyl groups excluding tert-OH is 2. The number of nitrogens with zero attached hydrogens (tertiary/aromatic N) is 4. The highest BCUT2D eigenvalue weighted by Gasteiger charge is 2.15. The van der Waals surface area contributed by atoms with Gasteiger partial charge >= 0.3 is 5.69 Å². The van der Waals surface area contributed by atoms with E-state index in [9.17, 15) is 9.59 Å². The third-order valence-electron chi connectivity index (χ3n) is 3.52. The van der Waals surface area contributed by atoms with E-state index >= 15 is 0 Å². The summed E-state index contributed by atoms with van der Waals surface area (Å²) in [6.45, 7) is 0.280. The summed E-state index contributed by atoms with van der Waals surface area (Å²) in [6, 6.07) is -0.343. The van der Waals surface area contributed by atoms with Crippen LogP contribution < -0.4 is 16.6 Å². The van der Waals surface area contributed by atoms with E-state index in [0.717, 1.165) is 4.57 Å². The average Bonchev–Trinajstić information content (AvgIpc) is 2.86. The Morgan fingerprint density at radius 3 is 2.57 bits per heavy atom. The van der Waals surface area contributed by atoms with Gasteiger partial charge < -0.3 is 20.1 Å². The minimum Gasteiger partial charge on any atom is -0.390 e. The standard InChI is InChI=1S/C12H19N5O4/c1-15-7-14-10-9(15)11(20)17(12(21)16(10)2)4-3-13-8(5-18)6-19/h7-8,13,18-19H,3-6H2,1-2H3/p+1. The van der Waals surface area contributed by atoms with Crippen molar-refractivity contribution in [3.63, 3.8) is 0 Å². The molecule has 0 saturated heterocycles. The van der Waals surface area contributed by atoms with Crippen molar-refractivity contribution in [1.82, 2.24) is 18.7 Å². The first-order valence-electron chi connectivity index (χ1n) is 6.67. The molecule has 116 valence electrons. The summed E-state index contributed by atoms with van der Waals surface area (Å²) >= 11 is 0. The summed E-state index contributed by atoms with van der Waals surface area (Å²) in [5, 5.41) is 19.7. The van der Waals surface area contributed by atoms with Crippen LogP contribution in [-0.2, 0) is 20.6 Å². The van der Waals surface area contributed by atoms with Gasteiger partial charge in [0.25, 0.3) is 5.56 Å². The molecule has 0 aliphatic carbocycles. The van der Waals surface area contributed by atoms with Gasteiger partial charge in [-0.2, -0.15) is 0 Å². The molecule has 0 radical (unpaired) electrons. The molecule has 0 aliphatic heterocycles. The summed E-state index contributed by atoms with van der Waals surface area (Å²) in [5.74, 6) is 0. The number of nitrogens with two attached hydrogens (primary N) is 1. The number of aliphatic hydroxyl groups is 2. The quantitative estimate of drug-likeness (QED) is 0.508. The zero-order valence-corrected chi connectivity index (χ0v) is 12.1. The Morgan fingerprint density at radius 1 is 1.29 bits per heavy atom. The Balaban J connectivity index is 2.34. The van der Waals surface area contributed by atoms with E-state index in [1.165, 1.54) is 10.9 Å². The van der Waals surface area contributed by atoms with Crippen molar-refractivity contribution in [2.45, 2.75) is 12.6 Å². The van der Waals surface area contributed by atoms with E-state index in [0.29, 0.717) is 17.7 Å². The monoisotopic (exact) mass is 298 g/mol. The van der Waals surface area contributed by atoms with Crippen molar-refractivity contribution in [2.24, 2.45) is 14.1 Å². The number of rotatable bonds is 6. The van der Waals surface area contributed by atoms with Crippen LogP contribution in [0.15, 0.2) is 15.9 Å². The second kappa shape index (κ2) is 6.20. The molecule has 0 saturated carbocycles. The second-order valence-corrected chi connectivity index (χ2v) is 4.98. The largest absolute Gasteiger partial charge is 0.390 e. The van der Waals surface area contributed by atoms with Crippen LogP contribution in [0.25, 0.3) is 11.2 Å². The molecule has 9 nitrogen and oxygen atoms in total. The zero-order valence-electron chi connectivity index (χ0n) is 12.1. The van der Waals surface area contributed by atoms with Gasteiger partial charge in [0.15, 0.2) is 11.2 Å². The molecular weight excluding hydrogens is 278 g/mol. The predicted molar refractivity (Wildman–Crippen MR) is 75.0 cm³/mol. The summed E-state index contributed by atoms with van der Waals surface area (Å²) in [4.78, 5) is 28.6. The highest BCUT2D eigenvalue weighted by Crippen LogP contribution is 2.02. The van der Waals surface area contributed by atoms with Crippen LogP contribution in [-0.4, -0.2) is 54.7 Å². The number of hydrogen-bond donors (Lipinski definition) is 3. The maximum Gasteiger partial charge on any atom is 0.332 e. The second-order valence-electron chi connectivity index (χ2n) is 4.98. The average molecular weight is 298 g/mol. The van der Waals surface area contributed by atoms with Crippen LogP contribution in [0.1, 0.15) is 0 Å². The minimum atomic E-state index is -0.427. The smallest absolute Gasteiger partial charge is 0.332 e. The molecule has 0 fully saturated rings. The van der Waals surface area contributed by atoms with Crippen molar-refractivity contribution >= 4 is 11.2 Å². The molecule has 21 heavy (non-hydrogen) atoms. The predicted octanol–water partition coefficient (Wildman–Crippen LogP) is -3.65. The number of aromatic nitrogens is 4. The lowest BCUT2D eigenvalue weighted by Gasteiger charge is -2.11. The minimum absolute atomic E-state index is 0.163. The van der Waals surface area contributed by atoms with Gasteiger partial charge in [-0.1, -0.05) is 0 Å². The molecule has 0 unspecified atom stereocenters. The van der Waals surface area contributed by atoms with Crippen LogP contribution in [0.5, 0.6) is 0 Å². The summed E-state index contributed by atoms with van der Waals surface area (Å²) in [5.41, 5.74) is -0.0792. The van der Waals surface area contributed by atoms with Gasteiger partial charge in [-0.25, -0.2) is 9.78 Å². The van der Waals surface area contributed by atoms with E-state index in [1.54, 1.807) is 24.0 Å². The van der Waals surface area contributed by atoms with E-state index in [1.807, 2.05) is 0 Å². The molecular formula is C12H20N5O4+. The van der Waals surface area contributed by atoms with E-state index in [-0.39, 0.29) is 31.4 Å². The van der Waals surface area contributed by atoms with Crippen molar-refractivity contribution in [3.8, 4) is 0 Å². The fraction of sp³-hybridized carbons (Fsp3) is 0.583. The number of imidazole rings is 1. The molecule has 0 spiro atoms. The first-order valence-corrected chi connectivity index (χ1v) is 6.67. The van der Waals surface area contributed by atoms with Crippen LogP contribution in [0, 0.1) is 0 Å². The first-order chi connectivity index (χ1) is 10.0. The van der Waals surface area contributed by atoms with E-state index in [4.69, 9.17) is 10.2 Å². The molecule has 2 rings (SSSR count). The van der Waals surface area contributed by atoms with Gasteiger partial charge in [0, 0.05) is 14.1 Å². The number of quaternary nitrogens is 1. The fourth-order valence-electron chi connectivity index (χ4n) is 2.24. The van der Waals surface area contributed by atoms with Crippen molar-refractivity contribution in [3.05, 3.63) is 27.2 Å². The van der Waals surface area contributed by atoms with Gasteiger partial charge in [-0.3, -0.25) is 13.9 Å². The molecule has 4 N–H and O–H groups in total. The van der Waals surface area contributed by atoms with Gasteiger partial charge in [0.2, 0.25) is 0 Å². The lowest BCUT2D eigenvalue weighted by molar-refractivity contribution is -0.693. The molecule has 0 aromatic carbocycles.